The maximum atomic E-state index is 12.7. The Morgan fingerprint density at radius 3 is 1.72 bits per heavy atom. The molecular weight excluding hydrogens is 704 g/mol. The van der Waals surface area contributed by atoms with E-state index in [9.17, 15) is 37.9 Å². The van der Waals surface area contributed by atoms with Crippen molar-refractivity contribution in [3.63, 3.8) is 0 Å². The van der Waals surface area contributed by atoms with Gasteiger partial charge in [0.25, 0.3) is 10.1 Å². The summed E-state index contributed by atoms with van der Waals surface area (Å²) in [7, 11) is -4.60. The van der Waals surface area contributed by atoms with Gasteiger partial charge >= 0.3 is 11.9 Å². The predicted molar refractivity (Wildman–Crippen MR) is 206 cm³/mol. The topological polar surface area (TPSA) is 186 Å². The van der Waals surface area contributed by atoms with E-state index in [-0.39, 0.29) is 19.4 Å². The third kappa shape index (κ3) is 26.3. The van der Waals surface area contributed by atoms with Crippen LogP contribution in [0.3, 0.4) is 0 Å². The number of allylic oxidation sites excluding steroid dienone is 6. The minimum Gasteiger partial charge on any atom is -0.462 e. The van der Waals surface area contributed by atoms with Crippen molar-refractivity contribution in [1.82, 2.24) is 0 Å². The number of esters is 2. The van der Waals surface area contributed by atoms with E-state index in [1.807, 2.05) is 0 Å². The highest BCUT2D eigenvalue weighted by atomic mass is 32.2. The third-order valence-corrected chi connectivity index (χ3v) is 9.72. The summed E-state index contributed by atoms with van der Waals surface area (Å²) in [5.74, 6) is -2.02. The Morgan fingerprint density at radius 2 is 1.13 bits per heavy atom. The van der Waals surface area contributed by atoms with Crippen molar-refractivity contribution in [1.29, 1.82) is 0 Å². The van der Waals surface area contributed by atoms with Gasteiger partial charge in [0.05, 0.1) is 6.61 Å². The first-order chi connectivity index (χ1) is 25.5. The maximum Gasteiger partial charge on any atom is 0.306 e. The molecule has 6 atom stereocenters. The molecule has 13 heteroatoms. The summed E-state index contributed by atoms with van der Waals surface area (Å²) in [5.41, 5.74) is 0. The molecule has 12 nitrogen and oxygen atoms in total. The number of aliphatic hydroxyl groups excluding tert-OH is 3. The van der Waals surface area contributed by atoms with Crippen LogP contribution in [-0.2, 0) is 38.7 Å². The Morgan fingerprint density at radius 1 is 0.642 bits per heavy atom. The second kappa shape index (κ2) is 31.1. The van der Waals surface area contributed by atoms with Crippen molar-refractivity contribution in [2.24, 2.45) is 0 Å². The SMILES string of the molecule is CCCCC/C=C/C/C=C/C/C=C/CCCCCCC(=O)O[C@H](COC(=O)CCCCCCCCCC)CO[C@H]1O[C@H](CS(=O)(=O)O)[C@@H](O)C(O)C1O. The Labute approximate surface area is 319 Å². The lowest BCUT2D eigenvalue weighted by Gasteiger charge is -2.40. The van der Waals surface area contributed by atoms with Crippen LogP contribution >= 0.6 is 0 Å². The summed E-state index contributed by atoms with van der Waals surface area (Å²) < 4.78 is 53.7. The summed E-state index contributed by atoms with van der Waals surface area (Å²) in [6.45, 7) is 3.65. The highest BCUT2D eigenvalue weighted by molar-refractivity contribution is 7.85. The van der Waals surface area contributed by atoms with Gasteiger partial charge in [-0.25, -0.2) is 0 Å². The van der Waals surface area contributed by atoms with E-state index in [1.165, 1.54) is 44.9 Å². The number of rotatable bonds is 32. The monoisotopic (exact) mass is 774 g/mol. The molecule has 4 N–H and O–H groups in total. The molecule has 0 aliphatic carbocycles. The van der Waals surface area contributed by atoms with Crippen molar-refractivity contribution >= 4 is 22.1 Å². The Bertz CT molecular complexity index is 1140. The first-order valence-corrected chi connectivity index (χ1v) is 21.7. The van der Waals surface area contributed by atoms with E-state index in [1.54, 1.807) is 0 Å². The third-order valence-electron chi connectivity index (χ3n) is 8.97. The molecule has 0 aromatic heterocycles. The molecular formula is C40H70O12S. The van der Waals surface area contributed by atoms with Crippen molar-refractivity contribution < 1.29 is 56.8 Å². The molecule has 0 saturated carbocycles. The van der Waals surface area contributed by atoms with Crippen LogP contribution in [0.15, 0.2) is 36.5 Å². The van der Waals surface area contributed by atoms with E-state index in [0.717, 1.165) is 64.2 Å². The van der Waals surface area contributed by atoms with Crippen molar-refractivity contribution in [2.45, 2.75) is 185 Å². The molecule has 308 valence electrons. The molecule has 0 aromatic rings. The Kier molecular flexibility index (Phi) is 28.7. The normalized spacial score (nSPS) is 21.5. The number of unbranched alkanes of at least 4 members (excludes halogenated alkanes) is 14. The number of carbonyl (C=O) groups is 2. The van der Waals surface area contributed by atoms with Crippen LogP contribution in [0.2, 0.25) is 0 Å². The van der Waals surface area contributed by atoms with E-state index >= 15 is 0 Å². The molecule has 0 aromatic carbocycles. The number of ether oxygens (including phenoxy) is 4. The molecule has 0 bridgehead atoms. The molecule has 1 saturated heterocycles. The number of hydrogen-bond acceptors (Lipinski definition) is 11. The lowest BCUT2D eigenvalue weighted by atomic mass is 10.00. The number of hydrogen-bond donors (Lipinski definition) is 4. The Balaban J connectivity index is 2.51. The predicted octanol–water partition coefficient (Wildman–Crippen LogP) is 7.05. The van der Waals surface area contributed by atoms with E-state index < -0.39 is 71.2 Å². The molecule has 1 fully saturated rings. The van der Waals surface area contributed by atoms with Crippen LogP contribution < -0.4 is 0 Å². The first-order valence-electron chi connectivity index (χ1n) is 20.0. The van der Waals surface area contributed by atoms with Gasteiger partial charge in [0.1, 0.15) is 36.8 Å². The van der Waals surface area contributed by atoms with Crippen molar-refractivity contribution in [3.05, 3.63) is 36.5 Å². The zero-order valence-electron chi connectivity index (χ0n) is 32.4. The van der Waals surface area contributed by atoms with Crippen LogP contribution in [0.5, 0.6) is 0 Å². The van der Waals surface area contributed by atoms with Crippen LogP contribution in [0.25, 0.3) is 0 Å². The zero-order valence-corrected chi connectivity index (χ0v) is 33.2. The minimum absolute atomic E-state index is 0.139. The Hall–Kier alpha value is -2.13. The van der Waals surface area contributed by atoms with Gasteiger partial charge in [-0.3, -0.25) is 14.1 Å². The molecule has 1 aliphatic heterocycles. The highest BCUT2D eigenvalue weighted by Crippen LogP contribution is 2.24. The molecule has 1 rings (SSSR count). The smallest absolute Gasteiger partial charge is 0.306 e. The van der Waals surface area contributed by atoms with E-state index in [4.69, 9.17) is 18.9 Å². The van der Waals surface area contributed by atoms with Gasteiger partial charge in [0.2, 0.25) is 0 Å². The fourth-order valence-electron chi connectivity index (χ4n) is 5.80. The highest BCUT2D eigenvalue weighted by Gasteiger charge is 2.46. The molecule has 0 amide bonds. The number of carbonyl (C=O) groups excluding carboxylic acids is 2. The molecule has 2 unspecified atom stereocenters. The molecule has 1 aliphatic rings. The van der Waals surface area contributed by atoms with Gasteiger partial charge in [-0.15, -0.1) is 0 Å². The second-order valence-corrected chi connectivity index (χ2v) is 15.4. The summed E-state index contributed by atoms with van der Waals surface area (Å²) in [6, 6.07) is 0. The number of aliphatic hydroxyl groups is 3. The summed E-state index contributed by atoms with van der Waals surface area (Å²) in [6.07, 6.45) is 23.6. The van der Waals surface area contributed by atoms with Crippen molar-refractivity contribution in [3.8, 4) is 0 Å². The summed E-state index contributed by atoms with van der Waals surface area (Å²) in [5, 5.41) is 30.7. The van der Waals surface area contributed by atoms with Gasteiger partial charge in [-0.2, -0.15) is 8.42 Å². The minimum atomic E-state index is -4.60. The molecule has 0 spiro atoms. The fourth-order valence-corrected chi connectivity index (χ4v) is 6.49. The largest absolute Gasteiger partial charge is 0.462 e. The lowest BCUT2D eigenvalue weighted by molar-refractivity contribution is -0.297. The second-order valence-electron chi connectivity index (χ2n) is 14.0. The average molecular weight is 775 g/mol. The van der Waals surface area contributed by atoms with Gasteiger partial charge < -0.3 is 34.3 Å². The zero-order chi connectivity index (χ0) is 39.2. The summed E-state index contributed by atoms with van der Waals surface area (Å²) in [4.78, 5) is 25.2. The fraction of sp³-hybridized carbons (Fsp3) is 0.800. The van der Waals surface area contributed by atoms with Crippen molar-refractivity contribution in [2.75, 3.05) is 19.0 Å². The first kappa shape index (κ1) is 48.9. The lowest BCUT2D eigenvalue weighted by Crippen LogP contribution is -2.60. The van der Waals surface area contributed by atoms with Gasteiger partial charge in [-0.1, -0.05) is 121 Å². The molecule has 53 heavy (non-hydrogen) atoms. The van der Waals surface area contributed by atoms with Gasteiger partial charge in [0, 0.05) is 12.8 Å². The average Bonchev–Trinajstić information content (AvgIpc) is 3.12. The van der Waals surface area contributed by atoms with Crippen LogP contribution in [0.1, 0.15) is 149 Å². The molecule has 0 radical (unpaired) electrons. The standard InChI is InChI=1S/C40H70O12S/c1-3-5-7-9-11-13-14-15-16-17-18-19-20-21-23-25-27-29-36(42)51-33(30-49-35(41)28-26-24-22-12-10-8-6-4-2)31-50-40-39(45)38(44)37(43)34(52-40)32-53(46,47)48/h11,13,15-16,18-19,33-34,37-40,43-45H,3-10,12,14,17,20-32H2,1-2H3,(H,46,47,48)/b13-11+,16-15+,19-18+/t33-,34-,37-,38?,39?,40+/m1/s1. The van der Waals surface area contributed by atoms with Crippen LogP contribution in [0.4, 0.5) is 0 Å². The van der Waals surface area contributed by atoms with Crippen LogP contribution in [0, 0.1) is 0 Å². The van der Waals surface area contributed by atoms with E-state index in [2.05, 4.69) is 50.3 Å². The summed E-state index contributed by atoms with van der Waals surface area (Å²) >= 11 is 0. The molecule has 1 heterocycles. The van der Waals surface area contributed by atoms with E-state index in [0.29, 0.717) is 12.8 Å². The quantitative estimate of drug-likeness (QED) is 0.0237. The van der Waals surface area contributed by atoms with Gasteiger partial charge in [-0.05, 0) is 51.4 Å². The van der Waals surface area contributed by atoms with Gasteiger partial charge in [0.15, 0.2) is 12.4 Å². The maximum absolute atomic E-state index is 12.7. The van der Waals surface area contributed by atoms with Crippen LogP contribution in [-0.4, -0.2) is 96.0 Å².